The van der Waals surface area contributed by atoms with Crippen molar-refractivity contribution in [1.82, 2.24) is 0 Å². The fraction of sp³-hybridized carbons (Fsp3) is 0.368. The van der Waals surface area contributed by atoms with Crippen molar-refractivity contribution >= 4 is 21.9 Å². The topological polar surface area (TPSA) is 13.1 Å². The molecule has 1 nitrogen and oxygen atoms in total. The molecule has 7 fully saturated rings. The van der Waals surface area contributed by atoms with Crippen molar-refractivity contribution in [3.8, 4) is 22.3 Å². The van der Waals surface area contributed by atoms with Crippen LogP contribution < -0.4 is 0 Å². The summed E-state index contributed by atoms with van der Waals surface area (Å²) in [6, 6.07) is 34.0. The van der Waals surface area contributed by atoms with Crippen LogP contribution in [0.1, 0.15) is 44.1 Å². The summed E-state index contributed by atoms with van der Waals surface area (Å²) >= 11 is 0. The molecule has 4 aromatic carbocycles. The zero-order valence-electron chi connectivity index (χ0n) is 22.4. The van der Waals surface area contributed by atoms with E-state index in [2.05, 4.69) is 78.9 Å². The summed E-state index contributed by atoms with van der Waals surface area (Å²) < 4.78 is 6.04. The van der Waals surface area contributed by atoms with E-state index in [0.29, 0.717) is 5.41 Å². The minimum absolute atomic E-state index is 0.502. The largest absolute Gasteiger partial charge is 0.456 e. The van der Waals surface area contributed by atoms with Gasteiger partial charge in [0, 0.05) is 16.2 Å². The number of hydrogen-bond donors (Lipinski definition) is 0. The first-order chi connectivity index (χ1) is 19.2. The van der Waals surface area contributed by atoms with Crippen molar-refractivity contribution in [3.05, 3.63) is 96.6 Å². The van der Waals surface area contributed by atoms with Gasteiger partial charge in [-0.15, -0.1) is 0 Å². The van der Waals surface area contributed by atoms with E-state index in [9.17, 15) is 0 Å². The van der Waals surface area contributed by atoms with E-state index < -0.39 is 0 Å². The van der Waals surface area contributed by atoms with Crippen LogP contribution in [-0.4, -0.2) is 0 Å². The highest BCUT2D eigenvalue weighted by Crippen LogP contribution is 2.76. The first-order valence-electron chi connectivity index (χ1n) is 15.4. The standard InChI is InChI=1S/C38H34O/c1-2-4-36-29(3-1)33-20-27(11-14-37(33)39-36)26-7-5-24(6-8-26)25-9-12-28(13-10-25)38-21-23-16-31-30-15-22(18-34(31)38)19-35(38)32(30)17-23/h1-14,20,22-23,30-32,34-35H,15-19,21H2. The second kappa shape index (κ2) is 7.45. The van der Waals surface area contributed by atoms with Crippen LogP contribution in [0.4, 0.5) is 0 Å². The lowest BCUT2D eigenvalue weighted by atomic mass is 9.30. The predicted molar refractivity (Wildman–Crippen MR) is 158 cm³/mol. The Morgan fingerprint density at radius 2 is 1.10 bits per heavy atom. The Bertz CT molecular complexity index is 1730. The summed E-state index contributed by atoms with van der Waals surface area (Å²) in [4.78, 5) is 0. The van der Waals surface area contributed by atoms with Crippen molar-refractivity contribution in [2.45, 2.75) is 43.9 Å². The minimum Gasteiger partial charge on any atom is -0.456 e. The molecule has 0 aliphatic heterocycles. The van der Waals surface area contributed by atoms with E-state index in [-0.39, 0.29) is 0 Å². The molecule has 0 saturated heterocycles. The van der Waals surface area contributed by atoms with Gasteiger partial charge in [-0.2, -0.15) is 0 Å². The van der Waals surface area contributed by atoms with E-state index in [1.807, 2.05) is 12.1 Å². The van der Waals surface area contributed by atoms with Gasteiger partial charge in [0.05, 0.1) is 0 Å². The molecule has 7 aliphatic carbocycles. The molecular weight excluding hydrogens is 472 g/mol. The van der Waals surface area contributed by atoms with Crippen LogP contribution in [-0.2, 0) is 5.41 Å². The molecule has 1 heterocycles. The Morgan fingerprint density at radius 1 is 0.513 bits per heavy atom. The predicted octanol–water partition coefficient (Wildman–Crippen LogP) is 9.88. The fourth-order valence-corrected chi connectivity index (χ4v) is 11.2. The van der Waals surface area contributed by atoms with Crippen molar-refractivity contribution in [2.24, 2.45) is 41.4 Å². The normalized spacial score (nSPS) is 35.4. The summed E-state index contributed by atoms with van der Waals surface area (Å²) in [6.45, 7) is 0. The number of rotatable bonds is 3. The van der Waals surface area contributed by atoms with E-state index in [4.69, 9.17) is 4.42 Å². The van der Waals surface area contributed by atoms with Crippen molar-refractivity contribution in [2.75, 3.05) is 0 Å². The summed E-state index contributed by atoms with van der Waals surface area (Å²) in [5.74, 6) is 7.17. The quantitative estimate of drug-likeness (QED) is 0.237. The Balaban J connectivity index is 0.974. The first-order valence-corrected chi connectivity index (χ1v) is 15.4. The van der Waals surface area contributed by atoms with E-state index in [1.54, 1.807) is 24.8 Å². The molecule has 7 saturated carbocycles. The van der Waals surface area contributed by atoms with Gasteiger partial charge in [0.2, 0.25) is 0 Å². The smallest absolute Gasteiger partial charge is 0.135 e. The Morgan fingerprint density at radius 3 is 1.85 bits per heavy atom. The average molecular weight is 507 g/mol. The van der Waals surface area contributed by atoms with Gasteiger partial charge >= 0.3 is 0 Å². The average Bonchev–Trinajstić information content (AvgIpc) is 3.37. The van der Waals surface area contributed by atoms with Gasteiger partial charge < -0.3 is 4.42 Å². The third kappa shape index (κ3) is 2.77. The van der Waals surface area contributed by atoms with Gasteiger partial charge in [0.15, 0.2) is 0 Å². The van der Waals surface area contributed by atoms with Crippen LogP contribution >= 0.6 is 0 Å². The molecule has 0 N–H and O–H groups in total. The molecule has 4 unspecified atom stereocenters. The lowest BCUT2D eigenvalue weighted by molar-refractivity contribution is -0.220. The van der Waals surface area contributed by atoms with Crippen LogP contribution in [0.3, 0.4) is 0 Å². The van der Waals surface area contributed by atoms with Crippen molar-refractivity contribution in [1.29, 1.82) is 0 Å². The maximum absolute atomic E-state index is 6.04. The fourth-order valence-electron chi connectivity index (χ4n) is 11.2. The van der Waals surface area contributed by atoms with Crippen LogP contribution in [0.2, 0.25) is 0 Å². The summed E-state index contributed by atoms with van der Waals surface area (Å²) in [5.41, 5.74) is 9.25. The van der Waals surface area contributed by atoms with Crippen LogP contribution in [0.5, 0.6) is 0 Å². The summed E-state index contributed by atoms with van der Waals surface area (Å²) in [6.07, 6.45) is 9.23. The molecule has 192 valence electrons. The third-order valence-corrected chi connectivity index (χ3v) is 12.4. The van der Waals surface area contributed by atoms with Gasteiger partial charge in [0.25, 0.3) is 0 Å². The third-order valence-electron chi connectivity index (χ3n) is 12.4. The Labute approximate surface area is 230 Å². The molecule has 0 radical (unpaired) electrons. The van der Waals surface area contributed by atoms with Gasteiger partial charge in [-0.1, -0.05) is 72.8 Å². The van der Waals surface area contributed by atoms with E-state index >= 15 is 0 Å². The van der Waals surface area contributed by atoms with Crippen molar-refractivity contribution < 1.29 is 4.42 Å². The monoisotopic (exact) mass is 506 g/mol. The molecule has 5 aromatic rings. The second-order valence-electron chi connectivity index (χ2n) is 13.8. The zero-order valence-corrected chi connectivity index (χ0v) is 22.4. The molecule has 12 rings (SSSR count). The highest BCUT2D eigenvalue weighted by atomic mass is 16.3. The number of para-hydroxylation sites is 1. The molecular formula is C38H34O. The highest BCUT2D eigenvalue weighted by molar-refractivity contribution is 6.06. The van der Waals surface area contributed by atoms with E-state index in [0.717, 1.165) is 52.6 Å². The summed E-state index contributed by atoms with van der Waals surface area (Å²) in [5, 5.41) is 2.38. The van der Waals surface area contributed by atoms with Gasteiger partial charge in [-0.25, -0.2) is 0 Å². The molecule has 39 heavy (non-hydrogen) atoms. The van der Waals surface area contributed by atoms with E-state index in [1.165, 1.54) is 52.3 Å². The molecule has 8 bridgehead atoms. The van der Waals surface area contributed by atoms with Gasteiger partial charge in [0.1, 0.15) is 11.2 Å². The van der Waals surface area contributed by atoms with Crippen LogP contribution in [0.15, 0.2) is 95.4 Å². The SMILES string of the molecule is c1ccc2c(c1)oc1ccc(-c3ccc(-c4ccc(C56CC7CC8C9CC(CC85)CC6C9C7)cc4)cc3)cc12. The lowest BCUT2D eigenvalue weighted by Crippen LogP contribution is -2.69. The maximum atomic E-state index is 6.04. The molecule has 1 aromatic heterocycles. The number of fused-ring (bicyclic) bond motifs is 3. The lowest BCUT2D eigenvalue weighted by Gasteiger charge is -2.74. The van der Waals surface area contributed by atoms with Crippen LogP contribution in [0.25, 0.3) is 44.2 Å². The van der Waals surface area contributed by atoms with Gasteiger partial charge in [-0.05, 0) is 126 Å². The molecule has 0 spiro atoms. The zero-order chi connectivity index (χ0) is 25.3. The molecule has 7 aliphatic rings. The number of hydrogen-bond acceptors (Lipinski definition) is 1. The van der Waals surface area contributed by atoms with Gasteiger partial charge in [-0.3, -0.25) is 0 Å². The molecule has 1 heteroatoms. The number of furan rings is 1. The Kier molecular flexibility index (Phi) is 4.10. The highest BCUT2D eigenvalue weighted by Gasteiger charge is 2.70. The Hall–Kier alpha value is -3.32. The first kappa shape index (κ1) is 21.5. The molecule has 0 amide bonds. The maximum Gasteiger partial charge on any atom is 0.135 e. The van der Waals surface area contributed by atoms with Crippen LogP contribution in [0, 0.1) is 41.4 Å². The number of benzene rings is 4. The summed E-state index contributed by atoms with van der Waals surface area (Å²) in [7, 11) is 0. The minimum atomic E-state index is 0.502. The van der Waals surface area contributed by atoms with Crippen molar-refractivity contribution in [3.63, 3.8) is 0 Å². The second-order valence-corrected chi connectivity index (χ2v) is 13.8. The molecule has 4 atom stereocenters.